The van der Waals surface area contributed by atoms with Crippen LogP contribution in [0.5, 0.6) is 0 Å². The predicted molar refractivity (Wildman–Crippen MR) is 60.7 cm³/mol. The van der Waals surface area contributed by atoms with Gasteiger partial charge in [-0.25, -0.2) is 4.98 Å². The third kappa shape index (κ3) is 2.09. The second-order valence-electron chi connectivity index (χ2n) is 4.50. The van der Waals surface area contributed by atoms with E-state index < -0.39 is 5.54 Å². The first kappa shape index (κ1) is 11.1. The van der Waals surface area contributed by atoms with Crippen LogP contribution in [0.2, 0.25) is 0 Å². The average Bonchev–Trinajstić information content (AvgIpc) is 2.85. The van der Waals surface area contributed by atoms with Gasteiger partial charge < -0.3 is 15.2 Å². The monoisotopic (exact) mass is 222 g/mol. The molecule has 1 aromatic rings. The lowest BCUT2D eigenvalue weighted by molar-refractivity contribution is -0.126. The standard InChI is InChI=1S/C11H18N4O/c1-11(4-3-5-14-11)10(16)13-8-9-12-6-7-15(9)2/h6-7,14H,3-5,8H2,1-2H3,(H,13,16). The highest BCUT2D eigenvalue weighted by Crippen LogP contribution is 2.18. The van der Waals surface area contributed by atoms with E-state index in [9.17, 15) is 4.79 Å². The fraction of sp³-hybridized carbons (Fsp3) is 0.636. The predicted octanol–water partition coefficient (Wildman–Crippen LogP) is 0.178. The minimum atomic E-state index is -0.398. The molecule has 2 N–H and O–H groups in total. The summed E-state index contributed by atoms with van der Waals surface area (Å²) < 4.78 is 1.91. The molecule has 1 saturated heterocycles. The molecule has 1 amide bonds. The smallest absolute Gasteiger partial charge is 0.240 e. The molecule has 5 nitrogen and oxygen atoms in total. The Labute approximate surface area is 95.2 Å². The molecule has 0 aliphatic carbocycles. The maximum atomic E-state index is 12.0. The van der Waals surface area contributed by atoms with Gasteiger partial charge in [0.05, 0.1) is 12.1 Å². The molecular formula is C11H18N4O. The van der Waals surface area contributed by atoms with Gasteiger partial charge in [-0.2, -0.15) is 0 Å². The van der Waals surface area contributed by atoms with Crippen LogP contribution >= 0.6 is 0 Å². The number of aryl methyl sites for hydroxylation is 1. The van der Waals surface area contributed by atoms with Gasteiger partial charge in [0.1, 0.15) is 5.82 Å². The van der Waals surface area contributed by atoms with E-state index in [2.05, 4.69) is 15.6 Å². The van der Waals surface area contributed by atoms with Crippen LogP contribution in [-0.2, 0) is 18.4 Å². The van der Waals surface area contributed by atoms with Crippen LogP contribution in [0.15, 0.2) is 12.4 Å². The van der Waals surface area contributed by atoms with Crippen LogP contribution in [0.3, 0.4) is 0 Å². The number of nitrogens with one attached hydrogen (secondary N) is 2. The van der Waals surface area contributed by atoms with Crippen molar-refractivity contribution in [3.8, 4) is 0 Å². The van der Waals surface area contributed by atoms with Crippen LogP contribution in [0.4, 0.5) is 0 Å². The van der Waals surface area contributed by atoms with Gasteiger partial charge in [0, 0.05) is 19.4 Å². The Balaban J connectivity index is 1.91. The van der Waals surface area contributed by atoms with Gasteiger partial charge in [0.15, 0.2) is 0 Å². The molecule has 0 aromatic carbocycles. The van der Waals surface area contributed by atoms with E-state index in [1.807, 2.05) is 24.7 Å². The highest BCUT2D eigenvalue weighted by molar-refractivity contribution is 5.86. The quantitative estimate of drug-likeness (QED) is 0.767. The van der Waals surface area contributed by atoms with Crippen molar-refractivity contribution in [1.29, 1.82) is 0 Å². The maximum Gasteiger partial charge on any atom is 0.240 e. The molecule has 0 radical (unpaired) electrons. The molecule has 1 fully saturated rings. The summed E-state index contributed by atoms with van der Waals surface area (Å²) in [4.78, 5) is 16.1. The zero-order valence-electron chi connectivity index (χ0n) is 9.79. The third-order valence-corrected chi connectivity index (χ3v) is 3.20. The minimum absolute atomic E-state index is 0.0630. The number of amides is 1. The molecule has 1 aliphatic rings. The summed E-state index contributed by atoms with van der Waals surface area (Å²) >= 11 is 0. The lowest BCUT2D eigenvalue weighted by atomic mass is 9.99. The number of hydrogen-bond donors (Lipinski definition) is 2. The van der Waals surface area contributed by atoms with Crippen molar-refractivity contribution in [2.75, 3.05) is 6.54 Å². The summed E-state index contributed by atoms with van der Waals surface area (Å²) in [7, 11) is 1.92. The Morgan fingerprint density at radius 3 is 3.12 bits per heavy atom. The van der Waals surface area contributed by atoms with Crippen LogP contribution in [0.25, 0.3) is 0 Å². The van der Waals surface area contributed by atoms with Crippen molar-refractivity contribution < 1.29 is 4.79 Å². The number of nitrogens with zero attached hydrogens (tertiary/aromatic N) is 2. The van der Waals surface area contributed by atoms with Crippen LogP contribution < -0.4 is 10.6 Å². The topological polar surface area (TPSA) is 59.0 Å². The molecule has 0 spiro atoms. The van der Waals surface area contributed by atoms with Crippen LogP contribution in [0, 0.1) is 0 Å². The van der Waals surface area contributed by atoms with Gasteiger partial charge >= 0.3 is 0 Å². The van der Waals surface area contributed by atoms with Gasteiger partial charge in [-0.3, -0.25) is 4.79 Å². The second-order valence-corrected chi connectivity index (χ2v) is 4.50. The van der Waals surface area contributed by atoms with Crippen molar-refractivity contribution >= 4 is 5.91 Å². The summed E-state index contributed by atoms with van der Waals surface area (Å²) in [5, 5.41) is 6.16. The zero-order chi connectivity index (χ0) is 11.6. The summed E-state index contributed by atoms with van der Waals surface area (Å²) in [5.41, 5.74) is -0.398. The lowest BCUT2D eigenvalue weighted by Gasteiger charge is -2.22. The first-order chi connectivity index (χ1) is 7.62. The van der Waals surface area contributed by atoms with Crippen molar-refractivity contribution in [1.82, 2.24) is 20.2 Å². The fourth-order valence-electron chi connectivity index (χ4n) is 2.01. The summed E-state index contributed by atoms with van der Waals surface area (Å²) in [5.74, 6) is 0.933. The van der Waals surface area contributed by atoms with Crippen LogP contribution in [-0.4, -0.2) is 27.5 Å². The van der Waals surface area contributed by atoms with Gasteiger partial charge in [-0.05, 0) is 26.3 Å². The number of carbonyl (C=O) groups is 1. The van der Waals surface area contributed by atoms with Gasteiger partial charge in [-0.1, -0.05) is 0 Å². The van der Waals surface area contributed by atoms with E-state index in [1.54, 1.807) is 6.20 Å². The largest absolute Gasteiger partial charge is 0.347 e. The Morgan fingerprint density at radius 1 is 1.75 bits per heavy atom. The molecular weight excluding hydrogens is 204 g/mol. The molecule has 1 aliphatic heterocycles. The molecule has 2 rings (SSSR count). The Hall–Kier alpha value is -1.36. The average molecular weight is 222 g/mol. The molecule has 88 valence electrons. The minimum Gasteiger partial charge on any atom is -0.347 e. The molecule has 0 saturated carbocycles. The van der Waals surface area contributed by atoms with E-state index in [0.717, 1.165) is 25.2 Å². The number of imidazole rings is 1. The van der Waals surface area contributed by atoms with Crippen molar-refractivity contribution in [2.24, 2.45) is 7.05 Å². The molecule has 0 bridgehead atoms. The van der Waals surface area contributed by atoms with Crippen molar-refractivity contribution in [3.63, 3.8) is 0 Å². The molecule has 1 unspecified atom stereocenters. The van der Waals surface area contributed by atoms with E-state index in [1.165, 1.54) is 0 Å². The molecule has 1 atom stereocenters. The highest BCUT2D eigenvalue weighted by atomic mass is 16.2. The number of aromatic nitrogens is 2. The fourth-order valence-corrected chi connectivity index (χ4v) is 2.01. The number of rotatable bonds is 3. The normalized spacial score (nSPS) is 24.6. The van der Waals surface area contributed by atoms with Crippen molar-refractivity contribution in [3.05, 3.63) is 18.2 Å². The van der Waals surface area contributed by atoms with Gasteiger partial charge in [0.2, 0.25) is 5.91 Å². The lowest BCUT2D eigenvalue weighted by Crippen LogP contribution is -2.51. The summed E-state index contributed by atoms with van der Waals surface area (Å²) in [6, 6.07) is 0. The number of carbonyl (C=O) groups excluding carboxylic acids is 1. The zero-order valence-corrected chi connectivity index (χ0v) is 9.79. The molecule has 16 heavy (non-hydrogen) atoms. The molecule has 1 aromatic heterocycles. The van der Waals surface area contributed by atoms with E-state index in [4.69, 9.17) is 0 Å². The van der Waals surface area contributed by atoms with Crippen LogP contribution in [0.1, 0.15) is 25.6 Å². The Kier molecular flexibility index (Phi) is 2.96. The van der Waals surface area contributed by atoms with Gasteiger partial charge in [0.25, 0.3) is 0 Å². The first-order valence-corrected chi connectivity index (χ1v) is 5.61. The van der Waals surface area contributed by atoms with E-state index in [-0.39, 0.29) is 5.91 Å². The number of hydrogen-bond acceptors (Lipinski definition) is 3. The summed E-state index contributed by atoms with van der Waals surface area (Å²) in [6.07, 6.45) is 5.57. The highest BCUT2D eigenvalue weighted by Gasteiger charge is 2.35. The molecule has 2 heterocycles. The van der Waals surface area contributed by atoms with E-state index >= 15 is 0 Å². The molecule has 5 heteroatoms. The summed E-state index contributed by atoms with van der Waals surface area (Å²) in [6.45, 7) is 3.36. The second kappa shape index (κ2) is 4.25. The Bertz CT molecular complexity index is 379. The third-order valence-electron chi connectivity index (χ3n) is 3.20. The van der Waals surface area contributed by atoms with Gasteiger partial charge in [-0.15, -0.1) is 0 Å². The SMILES string of the molecule is Cn1ccnc1CNC(=O)C1(C)CCCN1. The van der Waals surface area contributed by atoms with E-state index in [0.29, 0.717) is 6.54 Å². The maximum absolute atomic E-state index is 12.0. The Morgan fingerprint density at radius 2 is 2.56 bits per heavy atom. The first-order valence-electron chi connectivity index (χ1n) is 5.61. The van der Waals surface area contributed by atoms with Crippen molar-refractivity contribution in [2.45, 2.75) is 31.8 Å².